The van der Waals surface area contributed by atoms with Crippen LogP contribution in [-0.2, 0) is 39.1 Å². The Balaban J connectivity index is 1.41. The van der Waals surface area contributed by atoms with E-state index in [-0.39, 0.29) is 47.8 Å². The summed E-state index contributed by atoms with van der Waals surface area (Å²) in [6, 6.07) is 8.21. The SMILES string of the molecule is Cc1nn(CC(=O)NC(C)(C)C)c(C)c1S(=O)(=O)N1CCC(C(=O)N2CCc3ccccc3C2)CC1. The van der Waals surface area contributed by atoms with E-state index in [4.69, 9.17) is 0 Å². The number of hydrogen-bond donors (Lipinski definition) is 1. The first-order valence-electron chi connectivity index (χ1n) is 12.6. The fourth-order valence-electron chi connectivity index (χ4n) is 5.22. The summed E-state index contributed by atoms with van der Waals surface area (Å²) in [6.07, 6.45) is 1.85. The van der Waals surface area contributed by atoms with Crippen LogP contribution in [-0.4, -0.2) is 64.4 Å². The minimum Gasteiger partial charge on any atom is -0.350 e. The smallest absolute Gasteiger partial charge is 0.246 e. The van der Waals surface area contributed by atoms with E-state index in [0.29, 0.717) is 37.3 Å². The Hall–Kier alpha value is -2.72. The molecule has 2 aliphatic heterocycles. The van der Waals surface area contributed by atoms with E-state index < -0.39 is 10.0 Å². The molecule has 1 aromatic carbocycles. The van der Waals surface area contributed by atoms with Crippen LogP contribution in [0.15, 0.2) is 29.2 Å². The monoisotopic (exact) mass is 515 g/mol. The highest BCUT2D eigenvalue weighted by Crippen LogP contribution is 2.30. The van der Waals surface area contributed by atoms with Crippen LogP contribution in [0.25, 0.3) is 0 Å². The molecule has 9 nitrogen and oxygen atoms in total. The first kappa shape index (κ1) is 26.3. The maximum absolute atomic E-state index is 13.5. The van der Waals surface area contributed by atoms with E-state index in [9.17, 15) is 18.0 Å². The van der Waals surface area contributed by atoms with Gasteiger partial charge in [0.2, 0.25) is 21.8 Å². The molecule has 0 bridgehead atoms. The number of aryl methyl sites for hydroxylation is 1. The van der Waals surface area contributed by atoms with Crippen molar-refractivity contribution >= 4 is 21.8 Å². The van der Waals surface area contributed by atoms with Crippen molar-refractivity contribution in [2.75, 3.05) is 19.6 Å². The summed E-state index contributed by atoms with van der Waals surface area (Å²) < 4.78 is 30.0. The van der Waals surface area contributed by atoms with E-state index in [1.807, 2.05) is 37.8 Å². The van der Waals surface area contributed by atoms with Crippen molar-refractivity contribution in [3.8, 4) is 0 Å². The zero-order chi connectivity index (χ0) is 26.3. The number of aromatic nitrogens is 2. The van der Waals surface area contributed by atoms with E-state index in [1.165, 1.54) is 20.1 Å². The van der Waals surface area contributed by atoms with Gasteiger partial charge in [-0.3, -0.25) is 14.3 Å². The number of carbonyl (C=O) groups is 2. The molecule has 1 saturated heterocycles. The fraction of sp³-hybridized carbons (Fsp3) is 0.577. The molecule has 0 aliphatic carbocycles. The molecule has 0 unspecified atom stereocenters. The quantitative estimate of drug-likeness (QED) is 0.659. The van der Waals surface area contributed by atoms with Crippen LogP contribution in [0.3, 0.4) is 0 Å². The van der Waals surface area contributed by atoms with Crippen LogP contribution in [0.5, 0.6) is 0 Å². The average Bonchev–Trinajstić information content (AvgIpc) is 3.10. The predicted molar refractivity (Wildman–Crippen MR) is 137 cm³/mol. The highest BCUT2D eigenvalue weighted by Gasteiger charge is 2.37. The Morgan fingerprint density at radius 1 is 1.06 bits per heavy atom. The maximum Gasteiger partial charge on any atom is 0.246 e. The number of nitrogens with one attached hydrogen (secondary N) is 1. The number of benzene rings is 1. The van der Waals surface area contributed by atoms with Gasteiger partial charge >= 0.3 is 0 Å². The molecule has 3 heterocycles. The Kier molecular flexibility index (Phi) is 7.30. The van der Waals surface area contributed by atoms with Crippen LogP contribution < -0.4 is 5.32 Å². The van der Waals surface area contributed by atoms with Gasteiger partial charge in [0.25, 0.3) is 0 Å². The van der Waals surface area contributed by atoms with Gasteiger partial charge in [-0.2, -0.15) is 9.40 Å². The van der Waals surface area contributed by atoms with Gasteiger partial charge < -0.3 is 10.2 Å². The summed E-state index contributed by atoms with van der Waals surface area (Å²) in [5.41, 5.74) is 2.92. The first-order chi connectivity index (χ1) is 16.9. The number of piperidine rings is 1. The van der Waals surface area contributed by atoms with Crippen molar-refractivity contribution in [1.29, 1.82) is 0 Å². The standard InChI is InChI=1S/C26H37N5O4S/c1-18-24(19(2)31(28-18)17-23(32)27-26(3,4)5)36(34,35)30-14-11-21(12-15-30)25(33)29-13-10-20-8-6-7-9-22(20)16-29/h6-9,21H,10-17H2,1-5H3,(H,27,32). The first-order valence-corrected chi connectivity index (χ1v) is 14.0. The van der Waals surface area contributed by atoms with Crippen molar-refractivity contribution in [2.24, 2.45) is 5.92 Å². The number of nitrogens with zero attached hydrogens (tertiary/aromatic N) is 4. The zero-order valence-electron chi connectivity index (χ0n) is 21.9. The molecule has 2 amide bonds. The second-order valence-electron chi connectivity index (χ2n) is 10.9. The lowest BCUT2D eigenvalue weighted by molar-refractivity contribution is -0.137. The molecule has 0 radical (unpaired) electrons. The van der Waals surface area contributed by atoms with Gasteiger partial charge in [-0.1, -0.05) is 24.3 Å². The Labute approximate surface area is 213 Å². The number of hydrogen-bond acceptors (Lipinski definition) is 5. The maximum atomic E-state index is 13.5. The van der Waals surface area contributed by atoms with Crippen LogP contribution >= 0.6 is 0 Å². The van der Waals surface area contributed by atoms with E-state index in [1.54, 1.807) is 13.8 Å². The molecule has 1 aromatic heterocycles. The van der Waals surface area contributed by atoms with Gasteiger partial charge in [0, 0.05) is 37.6 Å². The molecule has 196 valence electrons. The largest absolute Gasteiger partial charge is 0.350 e. The molecule has 0 atom stereocenters. The Morgan fingerprint density at radius 2 is 1.69 bits per heavy atom. The van der Waals surface area contributed by atoms with Gasteiger partial charge in [-0.05, 0) is 65.0 Å². The number of fused-ring (bicyclic) bond motifs is 1. The summed E-state index contributed by atoms with van der Waals surface area (Å²) >= 11 is 0. The molecule has 4 rings (SSSR count). The molecule has 0 spiro atoms. The molecule has 2 aromatic rings. The molecule has 36 heavy (non-hydrogen) atoms. The second-order valence-corrected chi connectivity index (χ2v) is 12.8. The molecule has 0 saturated carbocycles. The lowest BCUT2D eigenvalue weighted by Crippen LogP contribution is -2.45. The van der Waals surface area contributed by atoms with Gasteiger partial charge in [0.05, 0.1) is 11.4 Å². The normalized spacial score (nSPS) is 17.6. The Morgan fingerprint density at radius 3 is 2.33 bits per heavy atom. The summed E-state index contributed by atoms with van der Waals surface area (Å²) in [5, 5.41) is 7.23. The minimum absolute atomic E-state index is 0.0466. The van der Waals surface area contributed by atoms with Crippen molar-refractivity contribution in [1.82, 2.24) is 24.3 Å². The number of amides is 2. The van der Waals surface area contributed by atoms with Crippen molar-refractivity contribution < 1.29 is 18.0 Å². The fourth-order valence-corrected chi connectivity index (χ4v) is 7.06. The molecule has 1 N–H and O–H groups in total. The van der Waals surface area contributed by atoms with E-state index >= 15 is 0 Å². The van der Waals surface area contributed by atoms with Crippen molar-refractivity contribution in [2.45, 2.75) is 77.4 Å². The zero-order valence-corrected chi connectivity index (χ0v) is 22.7. The topological polar surface area (TPSA) is 105 Å². The van der Waals surface area contributed by atoms with Gasteiger partial charge in [-0.15, -0.1) is 0 Å². The average molecular weight is 516 g/mol. The molecule has 2 aliphatic rings. The third kappa shape index (κ3) is 5.49. The second kappa shape index (κ2) is 9.97. The molecule has 10 heteroatoms. The van der Waals surface area contributed by atoms with Crippen LogP contribution in [0.1, 0.15) is 56.1 Å². The van der Waals surface area contributed by atoms with E-state index in [2.05, 4.69) is 22.5 Å². The Bertz CT molecular complexity index is 1250. The number of carbonyl (C=O) groups excluding carboxylic acids is 2. The molecular formula is C26H37N5O4S. The van der Waals surface area contributed by atoms with Gasteiger partial charge in [-0.25, -0.2) is 8.42 Å². The van der Waals surface area contributed by atoms with Crippen molar-refractivity contribution in [3.63, 3.8) is 0 Å². The van der Waals surface area contributed by atoms with Crippen LogP contribution in [0, 0.1) is 19.8 Å². The van der Waals surface area contributed by atoms with Crippen LogP contribution in [0.2, 0.25) is 0 Å². The highest BCUT2D eigenvalue weighted by atomic mass is 32.2. The summed E-state index contributed by atoms with van der Waals surface area (Å²) in [7, 11) is -3.79. The lowest BCUT2D eigenvalue weighted by atomic mass is 9.94. The predicted octanol–water partition coefficient (Wildman–Crippen LogP) is 2.40. The van der Waals surface area contributed by atoms with Crippen LogP contribution in [0.4, 0.5) is 0 Å². The third-order valence-corrected chi connectivity index (χ3v) is 9.12. The van der Waals surface area contributed by atoms with E-state index in [0.717, 1.165) is 6.42 Å². The lowest BCUT2D eigenvalue weighted by Gasteiger charge is -2.35. The molecular weight excluding hydrogens is 478 g/mol. The summed E-state index contributed by atoms with van der Waals surface area (Å²) in [6.45, 7) is 10.9. The number of sulfonamides is 1. The summed E-state index contributed by atoms with van der Waals surface area (Å²) in [5.74, 6) is -0.281. The highest BCUT2D eigenvalue weighted by molar-refractivity contribution is 7.89. The molecule has 1 fully saturated rings. The number of rotatable bonds is 5. The third-order valence-electron chi connectivity index (χ3n) is 6.97. The summed E-state index contributed by atoms with van der Waals surface area (Å²) in [4.78, 5) is 27.7. The van der Waals surface area contributed by atoms with Gasteiger partial charge in [0.1, 0.15) is 11.4 Å². The van der Waals surface area contributed by atoms with Crippen molar-refractivity contribution in [3.05, 3.63) is 46.8 Å². The minimum atomic E-state index is -3.79. The van der Waals surface area contributed by atoms with Gasteiger partial charge in [0.15, 0.2) is 0 Å².